The molecule has 1 aliphatic heterocycles. The van der Waals surface area contributed by atoms with Gasteiger partial charge in [-0.15, -0.1) is 0 Å². The van der Waals surface area contributed by atoms with Gasteiger partial charge in [0.1, 0.15) is 6.54 Å². The Morgan fingerprint density at radius 2 is 2.20 bits per heavy atom. The Labute approximate surface area is 88.7 Å². The van der Waals surface area contributed by atoms with E-state index < -0.39 is 0 Å². The lowest BCUT2D eigenvalue weighted by Gasteiger charge is -2.20. The maximum absolute atomic E-state index is 8.84. The average Bonchev–Trinajstić information content (AvgIpc) is 2.82. The van der Waals surface area contributed by atoms with Crippen LogP contribution in [0.4, 0.5) is 5.69 Å². The van der Waals surface area contributed by atoms with Crippen LogP contribution in [-0.4, -0.2) is 12.6 Å². The minimum absolute atomic E-state index is 0.280. The van der Waals surface area contributed by atoms with Crippen molar-refractivity contribution in [1.82, 2.24) is 0 Å². The van der Waals surface area contributed by atoms with Crippen molar-refractivity contribution in [3.8, 4) is 6.07 Å². The molecular weight excluding hydrogens is 184 g/mol. The highest BCUT2D eigenvalue weighted by atomic mass is 15.2. The summed E-state index contributed by atoms with van der Waals surface area (Å²) >= 11 is 0. The summed E-state index contributed by atoms with van der Waals surface area (Å²) in [7, 11) is 0. The molecule has 1 aliphatic carbocycles. The van der Waals surface area contributed by atoms with E-state index in [4.69, 9.17) is 5.26 Å². The molecule has 0 amide bonds. The molecule has 2 nitrogen and oxygen atoms in total. The van der Waals surface area contributed by atoms with Crippen LogP contribution < -0.4 is 4.90 Å². The molecule has 3 rings (SSSR count). The molecule has 0 N–H and O–H groups in total. The van der Waals surface area contributed by atoms with Gasteiger partial charge in [0.25, 0.3) is 0 Å². The third-order valence-corrected chi connectivity index (χ3v) is 2.99. The zero-order valence-electron chi connectivity index (χ0n) is 8.22. The smallest absolute Gasteiger partial charge is 0.106 e. The van der Waals surface area contributed by atoms with Crippen LogP contribution in [0.25, 0.3) is 5.57 Å². The Kier molecular flexibility index (Phi) is 1.66. The molecule has 0 bridgehead atoms. The van der Waals surface area contributed by atoms with Gasteiger partial charge in [0.05, 0.1) is 12.1 Å². The third-order valence-electron chi connectivity index (χ3n) is 2.99. The Morgan fingerprint density at radius 3 is 3.07 bits per heavy atom. The van der Waals surface area contributed by atoms with Crippen LogP contribution in [0.1, 0.15) is 5.56 Å². The first-order valence-electron chi connectivity index (χ1n) is 5.03. The largest absolute Gasteiger partial charge is 0.347 e. The van der Waals surface area contributed by atoms with Gasteiger partial charge in [-0.05, 0) is 11.6 Å². The number of fused-ring (bicyclic) bond motifs is 3. The van der Waals surface area contributed by atoms with E-state index in [2.05, 4.69) is 41.3 Å². The standard InChI is InChI=1S/C13H10N2/c14-8-9-15-12-6-2-1-4-10(12)11-5-3-7-13(11)15/h1-7,13H,9H2. The van der Waals surface area contributed by atoms with Crippen molar-refractivity contribution >= 4 is 11.3 Å². The van der Waals surface area contributed by atoms with Gasteiger partial charge in [0.2, 0.25) is 0 Å². The van der Waals surface area contributed by atoms with Crippen LogP contribution >= 0.6 is 0 Å². The van der Waals surface area contributed by atoms with Gasteiger partial charge in [-0.1, -0.05) is 36.4 Å². The number of nitrogens with zero attached hydrogens (tertiary/aromatic N) is 2. The molecule has 0 radical (unpaired) electrons. The fourth-order valence-corrected chi connectivity index (χ4v) is 2.37. The zero-order valence-corrected chi connectivity index (χ0v) is 8.22. The Hall–Kier alpha value is -2.01. The predicted octanol–water partition coefficient (Wildman–Crippen LogP) is 2.35. The molecule has 0 saturated carbocycles. The van der Waals surface area contributed by atoms with Crippen molar-refractivity contribution in [3.05, 3.63) is 48.1 Å². The minimum Gasteiger partial charge on any atom is -0.347 e. The highest BCUT2D eigenvalue weighted by molar-refractivity contribution is 5.91. The lowest BCUT2D eigenvalue weighted by Crippen LogP contribution is -2.29. The first-order valence-corrected chi connectivity index (χ1v) is 5.03. The fraction of sp³-hybridized carbons (Fsp3) is 0.154. The van der Waals surface area contributed by atoms with Crippen LogP contribution in [-0.2, 0) is 0 Å². The number of nitriles is 1. The topological polar surface area (TPSA) is 27.0 Å². The van der Waals surface area contributed by atoms with Gasteiger partial charge >= 0.3 is 0 Å². The maximum Gasteiger partial charge on any atom is 0.106 e. The first kappa shape index (κ1) is 8.31. The summed E-state index contributed by atoms with van der Waals surface area (Å²) in [5, 5.41) is 8.84. The van der Waals surface area contributed by atoms with Crippen LogP contribution in [0.3, 0.4) is 0 Å². The molecule has 2 heteroatoms. The van der Waals surface area contributed by atoms with Gasteiger partial charge in [-0.25, -0.2) is 0 Å². The highest BCUT2D eigenvalue weighted by Crippen LogP contribution is 2.42. The maximum atomic E-state index is 8.84. The third kappa shape index (κ3) is 1.04. The average molecular weight is 194 g/mol. The summed E-state index contributed by atoms with van der Waals surface area (Å²) in [6.45, 7) is 0.448. The number of anilines is 1. The van der Waals surface area contributed by atoms with Gasteiger partial charge in [0.15, 0.2) is 0 Å². The fourth-order valence-electron chi connectivity index (χ4n) is 2.37. The molecule has 1 unspecified atom stereocenters. The van der Waals surface area contributed by atoms with E-state index in [1.54, 1.807) is 0 Å². The second kappa shape index (κ2) is 2.99. The van der Waals surface area contributed by atoms with E-state index in [-0.39, 0.29) is 6.04 Å². The Bertz CT molecular complexity index is 506. The first-order chi connectivity index (χ1) is 7.42. The molecule has 15 heavy (non-hydrogen) atoms. The molecule has 0 saturated heterocycles. The van der Waals surface area contributed by atoms with Crippen molar-refractivity contribution in [3.63, 3.8) is 0 Å². The highest BCUT2D eigenvalue weighted by Gasteiger charge is 2.32. The molecule has 0 aromatic heterocycles. The van der Waals surface area contributed by atoms with Crippen molar-refractivity contribution < 1.29 is 0 Å². The molecular formula is C13H10N2. The molecule has 1 aromatic carbocycles. The normalized spacial score (nSPS) is 20.9. The van der Waals surface area contributed by atoms with E-state index in [1.165, 1.54) is 16.8 Å². The molecule has 1 heterocycles. The van der Waals surface area contributed by atoms with E-state index >= 15 is 0 Å². The number of hydrogen-bond donors (Lipinski definition) is 0. The molecule has 0 fully saturated rings. The van der Waals surface area contributed by atoms with Crippen LogP contribution in [0, 0.1) is 11.3 Å². The van der Waals surface area contributed by atoms with Crippen LogP contribution in [0.15, 0.2) is 42.5 Å². The Balaban J connectivity index is 2.15. The van der Waals surface area contributed by atoms with Crippen LogP contribution in [0.5, 0.6) is 0 Å². The van der Waals surface area contributed by atoms with Gasteiger partial charge in [-0.2, -0.15) is 5.26 Å². The quantitative estimate of drug-likeness (QED) is 0.642. The summed E-state index contributed by atoms with van der Waals surface area (Å²) in [5.41, 5.74) is 3.77. The zero-order chi connectivity index (χ0) is 10.3. The summed E-state index contributed by atoms with van der Waals surface area (Å²) in [4.78, 5) is 2.14. The monoisotopic (exact) mass is 194 g/mol. The van der Waals surface area contributed by atoms with E-state index in [0.29, 0.717) is 6.54 Å². The lowest BCUT2D eigenvalue weighted by atomic mass is 10.1. The SMILES string of the molecule is N#CCN1c2ccccc2C2=CC=CC21. The summed E-state index contributed by atoms with van der Waals surface area (Å²) < 4.78 is 0. The predicted molar refractivity (Wildman–Crippen MR) is 60.3 cm³/mol. The van der Waals surface area contributed by atoms with Crippen LogP contribution in [0.2, 0.25) is 0 Å². The molecule has 2 aliphatic rings. The van der Waals surface area contributed by atoms with Crippen molar-refractivity contribution in [2.45, 2.75) is 6.04 Å². The number of allylic oxidation sites excluding steroid dienone is 2. The second-order valence-corrected chi connectivity index (χ2v) is 3.75. The van der Waals surface area contributed by atoms with Crippen molar-refractivity contribution in [2.24, 2.45) is 0 Å². The van der Waals surface area contributed by atoms with Gasteiger partial charge in [0, 0.05) is 11.3 Å². The summed E-state index contributed by atoms with van der Waals surface area (Å²) in [6.07, 6.45) is 6.36. The van der Waals surface area contributed by atoms with E-state index in [1.807, 2.05) is 12.1 Å². The van der Waals surface area contributed by atoms with Crippen molar-refractivity contribution in [1.29, 1.82) is 5.26 Å². The number of hydrogen-bond acceptors (Lipinski definition) is 2. The molecule has 1 aromatic rings. The number of para-hydroxylation sites is 1. The molecule has 1 atom stereocenters. The minimum atomic E-state index is 0.280. The lowest BCUT2D eigenvalue weighted by molar-refractivity contribution is 0.899. The summed E-state index contributed by atoms with van der Waals surface area (Å²) in [5.74, 6) is 0. The Morgan fingerprint density at radius 1 is 1.33 bits per heavy atom. The number of rotatable bonds is 1. The van der Waals surface area contributed by atoms with Gasteiger partial charge < -0.3 is 4.90 Å². The van der Waals surface area contributed by atoms with Crippen molar-refractivity contribution in [2.75, 3.05) is 11.4 Å². The second-order valence-electron chi connectivity index (χ2n) is 3.75. The number of benzene rings is 1. The molecule has 72 valence electrons. The van der Waals surface area contributed by atoms with Gasteiger partial charge in [-0.3, -0.25) is 0 Å². The molecule has 0 spiro atoms. The van der Waals surface area contributed by atoms with E-state index in [0.717, 1.165) is 0 Å². The van der Waals surface area contributed by atoms with E-state index in [9.17, 15) is 0 Å². The summed E-state index contributed by atoms with van der Waals surface area (Å²) in [6, 6.07) is 10.8.